The molecule has 0 saturated carbocycles. The van der Waals surface area contributed by atoms with Gasteiger partial charge in [-0.15, -0.1) is 0 Å². The third-order valence-electron chi connectivity index (χ3n) is 1.60. The second-order valence-electron chi connectivity index (χ2n) is 2.86. The molecular weight excluding hydrogens is 178 g/mol. The first kappa shape index (κ1) is 12.7. The van der Waals surface area contributed by atoms with Crippen LogP contribution in [0.2, 0.25) is 0 Å². The molecule has 0 saturated heterocycles. The summed E-state index contributed by atoms with van der Waals surface area (Å²) in [4.78, 5) is 10.6. The Bertz CT molecular complexity index is 254. The zero-order valence-corrected chi connectivity index (χ0v) is 8.66. The molecule has 0 aliphatic carbocycles. The lowest BCUT2D eigenvalue weighted by atomic mass is 10.1. The Labute approximate surface area is 84.8 Å². The molecule has 0 spiro atoms. The van der Waals surface area contributed by atoms with Crippen molar-refractivity contribution in [3.8, 4) is 0 Å². The Balaban J connectivity index is 4.29. The van der Waals surface area contributed by atoms with Gasteiger partial charge in [0, 0.05) is 13.5 Å². The zero-order valence-electron chi connectivity index (χ0n) is 8.66. The Morgan fingerprint density at radius 1 is 1.64 bits per heavy atom. The van der Waals surface area contributed by atoms with Crippen molar-refractivity contribution in [3.63, 3.8) is 0 Å². The summed E-state index contributed by atoms with van der Waals surface area (Å²) in [5.74, 6) is -0.150. The van der Waals surface area contributed by atoms with Gasteiger partial charge in [-0.25, -0.2) is 0 Å². The highest BCUT2D eigenvalue weighted by Crippen LogP contribution is 2.04. The topological polar surface area (TPSA) is 49.3 Å². The van der Waals surface area contributed by atoms with Gasteiger partial charge in [-0.2, -0.15) is 0 Å². The molecule has 0 radical (unpaired) electrons. The van der Waals surface area contributed by atoms with E-state index in [1.54, 1.807) is 18.2 Å². The van der Waals surface area contributed by atoms with Gasteiger partial charge in [0.1, 0.15) is 0 Å². The van der Waals surface area contributed by atoms with Crippen molar-refractivity contribution < 1.29 is 9.90 Å². The van der Waals surface area contributed by atoms with E-state index >= 15 is 0 Å². The maximum atomic E-state index is 10.6. The predicted octanol–water partition coefficient (Wildman–Crippen LogP) is 1.17. The molecule has 1 unspecified atom stereocenters. The van der Waals surface area contributed by atoms with Gasteiger partial charge < -0.3 is 10.4 Å². The van der Waals surface area contributed by atoms with E-state index < -0.39 is 6.10 Å². The number of aliphatic hydroxyl groups is 1. The lowest BCUT2D eigenvalue weighted by Crippen LogP contribution is -2.31. The number of amides is 1. The second kappa shape index (κ2) is 7.09. The van der Waals surface area contributed by atoms with Crippen LogP contribution in [0.25, 0.3) is 0 Å². The summed E-state index contributed by atoms with van der Waals surface area (Å²) in [7, 11) is 0. The fourth-order valence-corrected chi connectivity index (χ4v) is 0.964. The average Bonchev–Trinajstić information content (AvgIpc) is 2.14. The Kier molecular flexibility index (Phi) is 6.41. The van der Waals surface area contributed by atoms with Crippen LogP contribution < -0.4 is 5.32 Å². The highest BCUT2D eigenvalue weighted by atomic mass is 16.3. The molecule has 78 valence electrons. The van der Waals surface area contributed by atoms with Crippen LogP contribution in [0.3, 0.4) is 0 Å². The summed E-state index contributed by atoms with van der Waals surface area (Å²) in [5, 5.41) is 12.2. The molecule has 0 aromatic carbocycles. The molecular formula is C11H17NO2. The van der Waals surface area contributed by atoms with Gasteiger partial charge in [0.05, 0.1) is 6.10 Å². The van der Waals surface area contributed by atoms with Crippen LogP contribution in [0.5, 0.6) is 0 Å². The first-order valence-corrected chi connectivity index (χ1v) is 4.49. The van der Waals surface area contributed by atoms with Crippen LogP contribution in [-0.4, -0.2) is 23.7 Å². The van der Waals surface area contributed by atoms with Gasteiger partial charge in [0.2, 0.25) is 5.91 Å². The molecule has 14 heavy (non-hydrogen) atoms. The number of hydrogen-bond donors (Lipinski definition) is 2. The normalized spacial score (nSPS) is 14.1. The summed E-state index contributed by atoms with van der Waals surface area (Å²) in [6, 6.07) is 0. The Morgan fingerprint density at radius 2 is 2.29 bits per heavy atom. The number of carbonyl (C=O) groups excluding carboxylic acids is 1. The minimum atomic E-state index is -0.687. The molecule has 0 bridgehead atoms. The van der Waals surface area contributed by atoms with Gasteiger partial charge in [-0.05, 0) is 12.5 Å². The second-order valence-corrected chi connectivity index (χ2v) is 2.86. The monoisotopic (exact) mass is 195 g/mol. The summed E-state index contributed by atoms with van der Waals surface area (Å²) in [6.07, 6.45) is 6.24. The highest BCUT2D eigenvalue weighted by Gasteiger charge is 2.07. The smallest absolute Gasteiger partial charge is 0.216 e. The van der Waals surface area contributed by atoms with Crippen LogP contribution in [0, 0.1) is 0 Å². The largest absolute Gasteiger partial charge is 0.387 e. The lowest BCUT2D eigenvalue weighted by molar-refractivity contribution is -0.119. The molecule has 3 heteroatoms. The molecule has 0 rings (SSSR count). The fourth-order valence-electron chi connectivity index (χ4n) is 0.964. The third-order valence-corrected chi connectivity index (χ3v) is 1.60. The molecule has 0 aromatic rings. The maximum absolute atomic E-state index is 10.6. The fraction of sp³-hybridized carbons (Fsp3) is 0.364. The molecule has 0 fully saturated rings. The van der Waals surface area contributed by atoms with E-state index in [1.165, 1.54) is 6.92 Å². The molecule has 0 aliphatic rings. The quantitative estimate of drug-likeness (QED) is 0.647. The van der Waals surface area contributed by atoms with Crippen molar-refractivity contribution in [2.45, 2.75) is 20.0 Å². The minimum absolute atomic E-state index is 0.150. The van der Waals surface area contributed by atoms with E-state index in [9.17, 15) is 9.90 Å². The molecule has 0 aliphatic heterocycles. The van der Waals surface area contributed by atoms with Crippen molar-refractivity contribution in [2.24, 2.45) is 0 Å². The summed E-state index contributed by atoms with van der Waals surface area (Å²) in [6.45, 7) is 7.05. The molecule has 3 nitrogen and oxygen atoms in total. The summed E-state index contributed by atoms with van der Waals surface area (Å²) in [5.41, 5.74) is 0.733. The lowest BCUT2D eigenvalue weighted by Gasteiger charge is -2.11. The minimum Gasteiger partial charge on any atom is -0.387 e. The number of carbonyl (C=O) groups is 1. The molecule has 1 atom stereocenters. The van der Waals surface area contributed by atoms with Gasteiger partial charge >= 0.3 is 0 Å². The number of rotatable bonds is 5. The van der Waals surface area contributed by atoms with E-state index in [0.717, 1.165) is 5.57 Å². The Morgan fingerprint density at radius 3 is 2.71 bits per heavy atom. The van der Waals surface area contributed by atoms with Crippen LogP contribution >= 0.6 is 0 Å². The highest BCUT2D eigenvalue weighted by molar-refractivity contribution is 5.72. The number of aliphatic hydroxyl groups excluding tert-OH is 1. The van der Waals surface area contributed by atoms with E-state index in [0.29, 0.717) is 0 Å². The first-order valence-electron chi connectivity index (χ1n) is 4.49. The molecule has 2 N–H and O–H groups in total. The molecule has 0 heterocycles. The van der Waals surface area contributed by atoms with Crippen molar-refractivity contribution in [1.29, 1.82) is 0 Å². The van der Waals surface area contributed by atoms with Crippen molar-refractivity contribution in [2.75, 3.05) is 6.54 Å². The van der Waals surface area contributed by atoms with Crippen LogP contribution in [0.1, 0.15) is 13.8 Å². The van der Waals surface area contributed by atoms with Crippen LogP contribution in [-0.2, 0) is 4.79 Å². The van der Waals surface area contributed by atoms with E-state index in [2.05, 4.69) is 11.9 Å². The van der Waals surface area contributed by atoms with E-state index in [1.807, 2.05) is 13.0 Å². The zero-order chi connectivity index (χ0) is 11.0. The maximum Gasteiger partial charge on any atom is 0.216 e. The number of hydrogen-bond acceptors (Lipinski definition) is 2. The van der Waals surface area contributed by atoms with Gasteiger partial charge in [0.15, 0.2) is 0 Å². The van der Waals surface area contributed by atoms with Crippen molar-refractivity contribution in [1.82, 2.24) is 5.32 Å². The average molecular weight is 195 g/mol. The molecule has 1 amide bonds. The third kappa shape index (κ3) is 5.32. The predicted molar refractivity (Wildman–Crippen MR) is 57.8 cm³/mol. The van der Waals surface area contributed by atoms with Crippen molar-refractivity contribution in [3.05, 3.63) is 36.5 Å². The van der Waals surface area contributed by atoms with Gasteiger partial charge in [0.25, 0.3) is 0 Å². The van der Waals surface area contributed by atoms with Crippen LogP contribution in [0.15, 0.2) is 36.5 Å². The SMILES string of the molecule is C=C/C=C(\C=C/C)C(O)CNC(C)=O. The first-order chi connectivity index (χ1) is 6.61. The van der Waals surface area contributed by atoms with Crippen LogP contribution in [0.4, 0.5) is 0 Å². The Hall–Kier alpha value is -1.35. The summed E-state index contributed by atoms with van der Waals surface area (Å²) < 4.78 is 0. The number of allylic oxidation sites excluding steroid dienone is 3. The standard InChI is InChI=1S/C11H17NO2/c1-4-6-10(7-5-2)11(14)8-12-9(3)13/h4-7,11,14H,1,8H2,2-3H3,(H,12,13)/b7-5-,10-6+. The van der Waals surface area contributed by atoms with E-state index in [-0.39, 0.29) is 12.5 Å². The molecule has 0 aromatic heterocycles. The van der Waals surface area contributed by atoms with E-state index in [4.69, 9.17) is 0 Å². The number of nitrogens with one attached hydrogen (secondary N) is 1. The van der Waals surface area contributed by atoms with Gasteiger partial charge in [-0.1, -0.05) is 30.9 Å². The van der Waals surface area contributed by atoms with Gasteiger partial charge in [-0.3, -0.25) is 4.79 Å². The summed E-state index contributed by atoms with van der Waals surface area (Å²) >= 11 is 0. The van der Waals surface area contributed by atoms with Crippen molar-refractivity contribution >= 4 is 5.91 Å².